The van der Waals surface area contributed by atoms with Crippen LogP contribution in [0, 0.1) is 11.3 Å². The highest BCUT2D eigenvalue weighted by Gasteiger charge is 2.38. The number of nitrogens with zero attached hydrogens (tertiary/aromatic N) is 4. The van der Waals surface area contributed by atoms with Crippen LogP contribution < -0.4 is 15.5 Å². The molecule has 2 aromatic rings. The summed E-state index contributed by atoms with van der Waals surface area (Å²) in [5.74, 6) is -0.216. The molecule has 0 spiro atoms. The van der Waals surface area contributed by atoms with E-state index in [2.05, 4.69) is 16.0 Å². The van der Waals surface area contributed by atoms with Crippen molar-refractivity contribution in [3.8, 4) is 6.07 Å². The highest BCUT2D eigenvalue weighted by molar-refractivity contribution is 6.07. The number of amides is 1. The number of rotatable bonds is 3. The molecule has 2 atom stereocenters. The smallest absolute Gasteiger partial charge is 0.236 e. The van der Waals surface area contributed by atoms with Gasteiger partial charge in [-0.1, -0.05) is 12.1 Å². The molecule has 6 nitrogen and oxygen atoms in total. The van der Waals surface area contributed by atoms with Crippen molar-refractivity contribution in [2.24, 2.45) is 5.73 Å². The molecule has 2 aliphatic heterocycles. The molecule has 1 aromatic carbocycles. The lowest BCUT2D eigenvalue weighted by Gasteiger charge is -2.35. The standard InChI is InChI=1S/C21H23N5O/c1-14-19-20(18(7-8-24-19)25-9-3-6-17(23)13-25)26(21(14)27)12-16-5-2-4-15(10-16)11-22/h2,4-5,7-8,10,14,17H,3,6,9,12-13,23H2,1H3/t14?,17-/m1/s1. The van der Waals surface area contributed by atoms with Gasteiger partial charge in [-0.3, -0.25) is 9.78 Å². The highest BCUT2D eigenvalue weighted by atomic mass is 16.2. The minimum absolute atomic E-state index is 0.0496. The van der Waals surface area contributed by atoms with Crippen molar-refractivity contribution in [1.82, 2.24) is 4.98 Å². The van der Waals surface area contributed by atoms with E-state index in [1.165, 1.54) is 0 Å². The largest absolute Gasteiger partial charge is 0.368 e. The van der Waals surface area contributed by atoms with Crippen molar-refractivity contribution in [3.63, 3.8) is 0 Å². The van der Waals surface area contributed by atoms with Crippen LogP contribution >= 0.6 is 0 Å². The van der Waals surface area contributed by atoms with Crippen LogP contribution in [-0.4, -0.2) is 30.0 Å². The Morgan fingerprint density at radius 1 is 1.37 bits per heavy atom. The number of hydrogen-bond donors (Lipinski definition) is 1. The number of nitrogens with two attached hydrogens (primary N) is 1. The van der Waals surface area contributed by atoms with Gasteiger partial charge in [0.15, 0.2) is 0 Å². The summed E-state index contributed by atoms with van der Waals surface area (Å²) in [5.41, 5.74) is 10.5. The first-order valence-electron chi connectivity index (χ1n) is 9.38. The Labute approximate surface area is 159 Å². The van der Waals surface area contributed by atoms with E-state index in [-0.39, 0.29) is 17.9 Å². The Kier molecular flexibility index (Phi) is 4.54. The third kappa shape index (κ3) is 3.15. The van der Waals surface area contributed by atoms with Gasteiger partial charge in [0.1, 0.15) is 0 Å². The lowest BCUT2D eigenvalue weighted by atomic mass is 10.0. The Hall–Kier alpha value is -2.91. The molecular weight excluding hydrogens is 338 g/mol. The van der Waals surface area contributed by atoms with Crippen LogP contribution in [0.5, 0.6) is 0 Å². The highest BCUT2D eigenvalue weighted by Crippen LogP contribution is 2.43. The quantitative estimate of drug-likeness (QED) is 0.908. The molecule has 1 unspecified atom stereocenters. The molecule has 2 aliphatic rings. The Morgan fingerprint density at radius 3 is 3.00 bits per heavy atom. The topological polar surface area (TPSA) is 86.2 Å². The zero-order valence-electron chi connectivity index (χ0n) is 15.4. The van der Waals surface area contributed by atoms with Gasteiger partial charge in [0.05, 0.1) is 41.2 Å². The summed E-state index contributed by atoms with van der Waals surface area (Å²) in [5, 5.41) is 9.15. The molecule has 138 valence electrons. The Bertz CT molecular complexity index is 919. The van der Waals surface area contributed by atoms with Crippen molar-refractivity contribution in [1.29, 1.82) is 5.26 Å². The molecule has 1 saturated heterocycles. The third-order valence-electron chi connectivity index (χ3n) is 5.44. The summed E-state index contributed by atoms with van der Waals surface area (Å²) in [6.07, 6.45) is 3.87. The van der Waals surface area contributed by atoms with E-state index in [1.54, 1.807) is 12.3 Å². The molecule has 0 radical (unpaired) electrons. The Balaban J connectivity index is 1.73. The number of anilines is 2. The van der Waals surface area contributed by atoms with Crippen LogP contribution in [0.3, 0.4) is 0 Å². The third-order valence-corrected chi connectivity index (χ3v) is 5.44. The lowest BCUT2D eigenvalue weighted by molar-refractivity contribution is -0.119. The fraction of sp³-hybridized carbons (Fsp3) is 0.381. The van der Waals surface area contributed by atoms with Gasteiger partial charge in [-0.15, -0.1) is 0 Å². The fourth-order valence-corrected chi connectivity index (χ4v) is 4.08. The van der Waals surface area contributed by atoms with E-state index in [1.807, 2.05) is 36.1 Å². The van der Waals surface area contributed by atoms with E-state index in [4.69, 9.17) is 11.0 Å². The molecule has 0 bridgehead atoms. The maximum absolute atomic E-state index is 13.0. The number of piperidine rings is 1. The predicted octanol–water partition coefficient (Wildman–Crippen LogP) is 2.53. The first-order chi connectivity index (χ1) is 13.1. The zero-order valence-corrected chi connectivity index (χ0v) is 15.4. The number of hydrogen-bond acceptors (Lipinski definition) is 5. The van der Waals surface area contributed by atoms with Crippen LogP contribution in [0.1, 0.15) is 42.5 Å². The van der Waals surface area contributed by atoms with Gasteiger partial charge in [-0.25, -0.2) is 0 Å². The number of pyridine rings is 1. The summed E-state index contributed by atoms with van der Waals surface area (Å²) in [7, 11) is 0. The molecule has 0 aliphatic carbocycles. The molecule has 1 amide bonds. The van der Waals surface area contributed by atoms with Crippen molar-refractivity contribution < 1.29 is 4.79 Å². The number of fused-ring (bicyclic) bond motifs is 1. The molecule has 4 rings (SSSR count). The summed E-state index contributed by atoms with van der Waals surface area (Å²) >= 11 is 0. The van der Waals surface area contributed by atoms with Crippen LogP contribution in [0.4, 0.5) is 11.4 Å². The summed E-state index contributed by atoms with van der Waals surface area (Å²) in [4.78, 5) is 21.6. The molecule has 1 aromatic heterocycles. The van der Waals surface area contributed by atoms with Crippen LogP contribution in [0.2, 0.25) is 0 Å². The number of aromatic nitrogens is 1. The molecule has 1 fully saturated rings. The predicted molar refractivity (Wildman–Crippen MR) is 104 cm³/mol. The number of nitriles is 1. The summed E-state index contributed by atoms with van der Waals surface area (Å²) in [6.45, 7) is 4.07. The first-order valence-corrected chi connectivity index (χ1v) is 9.38. The number of benzene rings is 1. The van der Waals surface area contributed by atoms with E-state index < -0.39 is 0 Å². The molecular formula is C21H23N5O. The molecule has 3 heterocycles. The monoisotopic (exact) mass is 361 g/mol. The van der Waals surface area contributed by atoms with E-state index in [0.29, 0.717) is 12.1 Å². The zero-order chi connectivity index (χ0) is 19.0. The van der Waals surface area contributed by atoms with Gasteiger partial charge in [0.2, 0.25) is 5.91 Å². The average molecular weight is 361 g/mol. The number of carbonyl (C=O) groups is 1. The van der Waals surface area contributed by atoms with Crippen molar-refractivity contribution in [2.45, 2.75) is 38.3 Å². The maximum Gasteiger partial charge on any atom is 0.236 e. The van der Waals surface area contributed by atoms with Gasteiger partial charge in [-0.05, 0) is 43.5 Å². The van der Waals surface area contributed by atoms with Gasteiger partial charge in [0, 0.05) is 25.3 Å². The van der Waals surface area contributed by atoms with E-state index in [0.717, 1.165) is 48.6 Å². The second-order valence-electron chi connectivity index (χ2n) is 7.37. The van der Waals surface area contributed by atoms with Gasteiger partial charge < -0.3 is 15.5 Å². The maximum atomic E-state index is 13.0. The Morgan fingerprint density at radius 2 is 2.22 bits per heavy atom. The van der Waals surface area contributed by atoms with E-state index in [9.17, 15) is 4.79 Å². The van der Waals surface area contributed by atoms with Gasteiger partial charge in [-0.2, -0.15) is 5.26 Å². The minimum atomic E-state index is -0.266. The summed E-state index contributed by atoms with van der Waals surface area (Å²) in [6, 6.07) is 11.7. The SMILES string of the molecule is CC1C(=O)N(Cc2cccc(C#N)c2)c2c(N3CCC[C@@H](N)C3)ccnc21. The van der Waals surface area contributed by atoms with Crippen LogP contribution in [-0.2, 0) is 11.3 Å². The van der Waals surface area contributed by atoms with Crippen LogP contribution in [0.15, 0.2) is 36.5 Å². The summed E-state index contributed by atoms with van der Waals surface area (Å²) < 4.78 is 0. The van der Waals surface area contributed by atoms with Gasteiger partial charge in [0.25, 0.3) is 0 Å². The van der Waals surface area contributed by atoms with Crippen molar-refractivity contribution in [3.05, 3.63) is 53.3 Å². The molecule has 2 N–H and O–H groups in total. The lowest BCUT2D eigenvalue weighted by Crippen LogP contribution is -2.43. The van der Waals surface area contributed by atoms with E-state index >= 15 is 0 Å². The average Bonchev–Trinajstić information content (AvgIpc) is 2.93. The molecule has 27 heavy (non-hydrogen) atoms. The van der Waals surface area contributed by atoms with Crippen molar-refractivity contribution in [2.75, 3.05) is 22.9 Å². The van der Waals surface area contributed by atoms with Crippen molar-refractivity contribution >= 4 is 17.3 Å². The first kappa shape index (κ1) is 17.5. The molecule has 0 saturated carbocycles. The number of carbonyl (C=O) groups excluding carboxylic acids is 1. The van der Waals surface area contributed by atoms with Crippen LogP contribution in [0.25, 0.3) is 0 Å². The normalized spacial score (nSPS) is 21.9. The minimum Gasteiger partial charge on any atom is -0.368 e. The molecule has 6 heteroatoms. The second-order valence-corrected chi connectivity index (χ2v) is 7.37. The fourth-order valence-electron chi connectivity index (χ4n) is 4.08. The van der Waals surface area contributed by atoms with Gasteiger partial charge >= 0.3 is 0 Å². The second kappa shape index (κ2) is 7.01.